The van der Waals surface area contributed by atoms with Gasteiger partial charge in [0.05, 0.1) is 0 Å². The maximum absolute atomic E-state index is 11.2. The monoisotopic (exact) mass is 248 g/mol. The summed E-state index contributed by atoms with van der Waals surface area (Å²) in [5.41, 5.74) is 1.56. The minimum atomic E-state index is -0.379. The van der Waals surface area contributed by atoms with E-state index >= 15 is 0 Å². The fourth-order valence-electron chi connectivity index (χ4n) is 1.50. The van der Waals surface area contributed by atoms with Crippen molar-refractivity contribution in [2.75, 3.05) is 13.2 Å². The molecule has 0 aliphatic heterocycles. The van der Waals surface area contributed by atoms with Gasteiger partial charge in [0.2, 0.25) is 0 Å². The predicted molar refractivity (Wildman–Crippen MR) is 71.8 cm³/mol. The summed E-state index contributed by atoms with van der Waals surface area (Å²) in [5.74, 6) is 0.869. The molecular weight excluding hydrogens is 228 g/mol. The van der Waals surface area contributed by atoms with Crippen molar-refractivity contribution in [2.45, 2.75) is 26.7 Å². The van der Waals surface area contributed by atoms with Crippen LogP contribution in [0.1, 0.15) is 32.3 Å². The third kappa shape index (κ3) is 4.24. The Labute approximate surface area is 108 Å². The van der Waals surface area contributed by atoms with Gasteiger partial charge in [-0.3, -0.25) is 0 Å². The van der Waals surface area contributed by atoms with E-state index in [4.69, 9.17) is 9.47 Å². The number of benzene rings is 1. The molecule has 0 fully saturated rings. The molecule has 3 heteroatoms. The van der Waals surface area contributed by atoms with Crippen molar-refractivity contribution in [3.63, 3.8) is 0 Å². The van der Waals surface area contributed by atoms with Crippen molar-refractivity contribution in [2.24, 2.45) is 0 Å². The molecule has 0 aliphatic rings. The molecule has 0 unspecified atom stereocenters. The van der Waals surface area contributed by atoms with Gasteiger partial charge >= 0.3 is 5.97 Å². The zero-order valence-corrected chi connectivity index (χ0v) is 11.2. The van der Waals surface area contributed by atoms with Crippen molar-refractivity contribution in [1.82, 2.24) is 0 Å². The van der Waals surface area contributed by atoms with E-state index in [1.165, 1.54) is 0 Å². The Morgan fingerprint density at radius 3 is 2.56 bits per heavy atom. The molecule has 1 aromatic carbocycles. The Kier molecular flexibility index (Phi) is 5.43. The third-order valence-electron chi connectivity index (χ3n) is 2.46. The van der Waals surface area contributed by atoms with Crippen LogP contribution in [0.25, 0.3) is 0 Å². The fourth-order valence-corrected chi connectivity index (χ4v) is 1.50. The lowest BCUT2D eigenvalue weighted by Crippen LogP contribution is -2.13. The van der Waals surface area contributed by atoms with Crippen molar-refractivity contribution < 1.29 is 14.3 Å². The minimum Gasteiger partial charge on any atom is -0.490 e. The molecule has 0 spiro atoms. The molecule has 0 N–H and O–H groups in total. The minimum absolute atomic E-state index is 0.234. The standard InChI is InChI=1S/C15H20O3/c1-11(2)13-7-5-6-8-14(13)17-9-10-18-15(16)12(3)4/h5-8,11H,3,9-10H2,1-2,4H3. The van der Waals surface area contributed by atoms with E-state index in [-0.39, 0.29) is 12.6 Å². The first-order valence-corrected chi connectivity index (χ1v) is 6.06. The molecule has 0 heterocycles. The molecule has 0 amide bonds. The van der Waals surface area contributed by atoms with Gasteiger partial charge in [-0.1, -0.05) is 38.6 Å². The van der Waals surface area contributed by atoms with Crippen LogP contribution in [-0.4, -0.2) is 19.2 Å². The number of hydrogen-bond donors (Lipinski definition) is 0. The number of rotatable bonds is 6. The number of para-hydroxylation sites is 1. The summed E-state index contributed by atoms with van der Waals surface area (Å²) in [6.45, 7) is 9.95. The second kappa shape index (κ2) is 6.84. The van der Waals surface area contributed by atoms with Crippen LogP contribution in [0.2, 0.25) is 0 Å². The van der Waals surface area contributed by atoms with E-state index < -0.39 is 0 Å². The van der Waals surface area contributed by atoms with Gasteiger partial charge in [0.25, 0.3) is 0 Å². The molecular formula is C15H20O3. The van der Waals surface area contributed by atoms with E-state index in [1.54, 1.807) is 6.92 Å². The molecule has 0 aliphatic carbocycles. The van der Waals surface area contributed by atoms with Gasteiger partial charge in [0.1, 0.15) is 19.0 Å². The van der Waals surface area contributed by atoms with Crippen molar-refractivity contribution in [3.8, 4) is 5.75 Å². The van der Waals surface area contributed by atoms with Crippen LogP contribution in [0.4, 0.5) is 0 Å². The van der Waals surface area contributed by atoms with Crippen LogP contribution in [0, 0.1) is 0 Å². The van der Waals surface area contributed by atoms with Crippen LogP contribution < -0.4 is 4.74 Å². The molecule has 1 aromatic rings. The molecule has 0 atom stereocenters. The van der Waals surface area contributed by atoms with Gasteiger partial charge in [0.15, 0.2) is 0 Å². The zero-order valence-electron chi connectivity index (χ0n) is 11.2. The van der Waals surface area contributed by atoms with Crippen LogP contribution in [0.3, 0.4) is 0 Å². The first-order chi connectivity index (χ1) is 8.52. The van der Waals surface area contributed by atoms with Crippen LogP contribution in [0.5, 0.6) is 5.75 Å². The lowest BCUT2D eigenvalue weighted by molar-refractivity contribution is -0.139. The van der Waals surface area contributed by atoms with Crippen molar-refractivity contribution in [1.29, 1.82) is 0 Å². The van der Waals surface area contributed by atoms with Crippen molar-refractivity contribution >= 4 is 5.97 Å². The van der Waals surface area contributed by atoms with Gasteiger partial charge < -0.3 is 9.47 Å². The molecule has 0 saturated heterocycles. The maximum atomic E-state index is 11.2. The second-order valence-corrected chi connectivity index (χ2v) is 4.46. The highest BCUT2D eigenvalue weighted by Gasteiger charge is 2.07. The number of carbonyl (C=O) groups excluding carboxylic acids is 1. The SMILES string of the molecule is C=C(C)C(=O)OCCOc1ccccc1C(C)C. The van der Waals surface area contributed by atoms with Gasteiger partial charge in [-0.15, -0.1) is 0 Å². The quantitative estimate of drug-likeness (QED) is 0.440. The number of carbonyl (C=O) groups is 1. The Morgan fingerprint density at radius 1 is 1.28 bits per heavy atom. The molecule has 3 nitrogen and oxygen atoms in total. The van der Waals surface area contributed by atoms with E-state index in [2.05, 4.69) is 20.4 Å². The Balaban J connectivity index is 2.44. The Hall–Kier alpha value is -1.77. The predicted octanol–water partition coefficient (Wildman–Crippen LogP) is 3.31. The summed E-state index contributed by atoms with van der Waals surface area (Å²) in [7, 11) is 0. The lowest BCUT2D eigenvalue weighted by Gasteiger charge is -2.13. The summed E-state index contributed by atoms with van der Waals surface area (Å²) >= 11 is 0. The molecule has 0 saturated carbocycles. The summed E-state index contributed by atoms with van der Waals surface area (Å²) in [6.07, 6.45) is 0. The van der Waals surface area contributed by atoms with Gasteiger partial charge in [-0.2, -0.15) is 0 Å². The van der Waals surface area contributed by atoms with Crippen LogP contribution >= 0.6 is 0 Å². The summed E-state index contributed by atoms with van der Waals surface area (Å²) in [5, 5.41) is 0. The number of ether oxygens (including phenoxy) is 2. The summed E-state index contributed by atoms with van der Waals surface area (Å²) < 4.78 is 10.6. The average Bonchev–Trinajstić information content (AvgIpc) is 2.34. The van der Waals surface area contributed by atoms with E-state index in [0.29, 0.717) is 18.1 Å². The second-order valence-electron chi connectivity index (χ2n) is 4.46. The normalized spacial score (nSPS) is 10.2. The highest BCUT2D eigenvalue weighted by molar-refractivity contribution is 5.86. The highest BCUT2D eigenvalue weighted by atomic mass is 16.6. The smallest absolute Gasteiger partial charge is 0.333 e. The van der Waals surface area contributed by atoms with Gasteiger partial charge in [0, 0.05) is 5.57 Å². The maximum Gasteiger partial charge on any atom is 0.333 e. The Morgan fingerprint density at radius 2 is 1.94 bits per heavy atom. The third-order valence-corrected chi connectivity index (χ3v) is 2.46. The molecule has 0 aromatic heterocycles. The number of hydrogen-bond acceptors (Lipinski definition) is 3. The van der Waals surface area contributed by atoms with E-state index in [9.17, 15) is 4.79 Å². The molecule has 1 rings (SSSR count). The zero-order chi connectivity index (χ0) is 13.5. The van der Waals surface area contributed by atoms with E-state index in [1.807, 2.05) is 24.3 Å². The molecule has 0 radical (unpaired) electrons. The molecule has 0 bridgehead atoms. The lowest BCUT2D eigenvalue weighted by atomic mass is 10.0. The highest BCUT2D eigenvalue weighted by Crippen LogP contribution is 2.25. The largest absolute Gasteiger partial charge is 0.490 e. The first-order valence-electron chi connectivity index (χ1n) is 6.06. The molecule has 18 heavy (non-hydrogen) atoms. The van der Waals surface area contributed by atoms with Gasteiger partial charge in [-0.05, 0) is 24.5 Å². The molecule has 98 valence electrons. The fraction of sp³-hybridized carbons (Fsp3) is 0.400. The van der Waals surface area contributed by atoms with E-state index in [0.717, 1.165) is 11.3 Å². The van der Waals surface area contributed by atoms with Crippen LogP contribution in [-0.2, 0) is 9.53 Å². The Bertz CT molecular complexity index is 422. The summed E-state index contributed by atoms with van der Waals surface area (Å²) in [6, 6.07) is 7.89. The van der Waals surface area contributed by atoms with Crippen LogP contribution in [0.15, 0.2) is 36.4 Å². The summed E-state index contributed by atoms with van der Waals surface area (Å²) in [4.78, 5) is 11.2. The van der Waals surface area contributed by atoms with Crippen molar-refractivity contribution in [3.05, 3.63) is 42.0 Å². The average molecular weight is 248 g/mol. The first kappa shape index (κ1) is 14.3. The van der Waals surface area contributed by atoms with Gasteiger partial charge in [-0.25, -0.2) is 4.79 Å². The topological polar surface area (TPSA) is 35.5 Å². The number of esters is 1.